The number of nitrogens with one attached hydrogen (secondary N) is 2. The summed E-state index contributed by atoms with van der Waals surface area (Å²) in [4.78, 5) is 25.3. The molecule has 1 aliphatic heterocycles. The first kappa shape index (κ1) is 15.6. The molecular weight excluding hydrogens is 290 g/mol. The molecule has 2 N–H and O–H groups in total. The Morgan fingerprint density at radius 3 is 2.71 bits per heavy atom. The Morgan fingerprint density at radius 2 is 2.05 bits per heavy atom. The number of nitrogens with zero attached hydrogens (tertiary/aromatic N) is 1. The molecule has 1 aromatic rings. The topological polar surface area (TPSA) is 61.4 Å². The molecule has 0 aliphatic carbocycles. The first-order valence-corrected chi connectivity index (χ1v) is 7.58. The van der Waals surface area contributed by atoms with Gasteiger partial charge in [0.2, 0.25) is 5.91 Å². The van der Waals surface area contributed by atoms with Crippen LogP contribution in [0.2, 0.25) is 0 Å². The standard InChI is InChI=1S/C15H20ClN3O2/c1-11-2-4-13(5-3-11)19-10-12(8-14(19)20)9-18-15(21)17-7-6-16/h2-5,12H,6-10H2,1H3,(H2,17,18,21). The molecule has 1 aliphatic rings. The Kier molecular flexibility index (Phi) is 5.44. The molecule has 1 unspecified atom stereocenters. The van der Waals surface area contributed by atoms with Gasteiger partial charge in [0, 0.05) is 43.5 Å². The third-order valence-electron chi connectivity index (χ3n) is 3.48. The fourth-order valence-corrected chi connectivity index (χ4v) is 2.45. The zero-order valence-corrected chi connectivity index (χ0v) is 12.8. The molecule has 114 valence electrons. The van der Waals surface area contributed by atoms with Gasteiger partial charge in [0.25, 0.3) is 0 Å². The Hall–Kier alpha value is -1.75. The van der Waals surface area contributed by atoms with Crippen LogP contribution >= 0.6 is 11.6 Å². The fraction of sp³-hybridized carbons (Fsp3) is 0.467. The van der Waals surface area contributed by atoms with E-state index < -0.39 is 0 Å². The van der Waals surface area contributed by atoms with Crippen LogP contribution in [0.4, 0.5) is 10.5 Å². The van der Waals surface area contributed by atoms with E-state index in [1.807, 2.05) is 31.2 Å². The van der Waals surface area contributed by atoms with Gasteiger partial charge in [-0.25, -0.2) is 4.79 Å². The Morgan fingerprint density at radius 1 is 1.33 bits per heavy atom. The molecule has 1 aromatic carbocycles. The van der Waals surface area contributed by atoms with Crippen LogP contribution in [0.15, 0.2) is 24.3 Å². The molecule has 0 saturated carbocycles. The van der Waals surface area contributed by atoms with Gasteiger partial charge < -0.3 is 15.5 Å². The molecule has 3 amide bonds. The number of aryl methyl sites for hydroxylation is 1. The number of carbonyl (C=O) groups is 2. The lowest BCUT2D eigenvalue weighted by Crippen LogP contribution is -2.39. The Labute approximate surface area is 129 Å². The summed E-state index contributed by atoms with van der Waals surface area (Å²) in [6.45, 7) is 3.58. The van der Waals surface area contributed by atoms with Crippen molar-refractivity contribution in [2.24, 2.45) is 5.92 Å². The molecule has 1 heterocycles. The summed E-state index contributed by atoms with van der Waals surface area (Å²) in [7, 11) is 0. The lowest BCUT2D eigenvalue weighted by molar-refractivity contribution is -0.117. The molecule has 2 rings (SSSR count). The van der Waals surface area contributed by atoms with Gasteiger partial charge in [-0.15, -0.1) is 11.6 Å². The van der Waals surface area contributed by atoms with Gasteiger partial charge >= 0.3 is 6.03 Å². The molecule has 0 bridgehead atoms. The normalized spacial score (nSPS) is 17.9. The van der Waals surface area contributed by atoms with E-state index in [1.54, 1.807) is 4.90 Å². The Balaban J connectivity index is 1.85. The first-order chi connectivity index (χ1) is 10.1. The highest BCUT2D eigenvalue weighted by molar-refractivity contribution is 6.18. The maximum atomic E-state index is 12.1. The summed E-state index contributed by atoms with van der Waals surface area (Å²) in [5, 5.41) is 5.41. The SMILES string of the molecule is Cc1ccc(N2CC(CNC(=O)NCCCl)CC2=O)cc1. The highest BCUT2D eigenvalue weighted by Crippen LogP contribution is 2.24. The molecule has 1 fully saturated rings. The third kappa shape index (κ3) is 4.36. The lowest BCUT2D eigenvalue weighted by atomic mass is 10.1. The van der Waals surface area contributed by atoms with Crippen molar-refractivity contribution in [3.8, 4) is 0 Å². The number of anilines is 1. The van der Waals surface area contributed by atoms with E-state index in [2.05, 4.69) is 10.6 Å². The highest BCUT2D eigenvalue weighted by atomic mass is 35.5. The highest BCUT2D eigenvalue weighted by Gasteiger charge is 2.30. The summed E-state index contributed by atoms with van der Waals surface area (Å²) in [5.74, 6) is 0.628. The minimum absolute atomic E-state index is 0.104. The number of alkyl halides is 1. The molecule has 0 spiro atoms. The third-order valence-corrected chi connectivity index (χ3v) is 3.67. The molecule has 0 aromatic heterocycles. The van der Waals surface area contributed by atoms with Crippen LogP contribution in [0, 0.1) is 12.8 Å². The zero-order chi connectivity index (χ0) is 15.2. The van der Waals surface area contributed by atoms with Crippen molar-refractivity contribution in [1.29, 1.82) is 0 Å². The van der Waals surface area contributed by atoms with E-state index >= 15 is 0 Å². The second kappa shape index (κ2) is 7.31. The number of halogens is 1. The van der Waals surface area contributed by atoms with Crippen LogP contribution < -0.4 is 15.5 Å². The largest absolute Gasteiger partial charge is 0.338 e. The van der Waals surface area contributed by atoms with Gasteiger partial charge in [0.1, 0.15) is 0 Å². The van der Waals surface area contributed by atoms with Crippen molar-refractivity contribution in [3.63, 3.8) is 0 Å². The first-order valence-electron chi connectivity index (χ1n) is 7.05. The quantitative estimate of drug-likeness (QED) is 0.816. The molecule has 0 radical (unpaired) electrons. The number of carbonyl (C=O) groups excluding carboxylic acids is 2. The molecule has 5 nitrogen and oxygen atoms in total. The van der Waals surface area contributed by atoms with Crippen LogP contribution in [0.1, 0.15) is 12.0 Å². The average Bonchev–Trinajstić information content (AvgIpc) is 2.85. The van der Waals surface area contributed by atoms with Crippen LogP contribution in [0.3, 0.4) is 0 Å². The van der Waals surface area contributed by atoms with E-state index in [-0.39, 0.29) is 17.9 Å². The van der Waals surface area contributed by atoms with Crippen molar-refractivity contribution < 1.29 is 9.59 Å². The maximum absolute atomic E-state index is 12.1. The van der Waals surface area contributed by atoms with Crippen molar-refractivity contribution in [3.05, 3.63) is 29.8 Å². The summed E-state index contributed by atoms with van der Waals surface area (Å²) in [5.41, 5.74) is 2.08. The van der Waals surface area contributed by atoms with Gasteiger partial charge in [-0.2, -0.15) is 0 Å². The summed E-state index contributed by atoms with van der Waals surface area (Å²) < 4.78 is 0. The number of hydrogen-bond acceptors (Lipinski definition) is 2. The van der Waals surface area contributed by atoms with E-state index in [9.17, 15) is 9.59 Å². The number of amides is 3. The van der Waals surface area contributed by atoms with E-state index in [0.717, 1.165) is 5.69 Å². The van der Waals surface area contributed by atoms with E-state index in [4.69, 9.17) is 11.6 Å². The minimum Gasteiger partial charge on any atom is -0.338 e. The minimum atomic E-state index is -0.239. The van der Waals surface area contributed by atoms with Gasteiger partial charge in [-0.3, -0.25) is 4.79 Å². The van der Waals surface area contributed by atoms with Crippen LogP contribution in [-0.4, -0.2) is 37.5 Å². The van der Waals surface area contributed by atoms with Crippen molar-refractivity contribution in [2.75, 3.05) is 30.4 Å². The summed E-state index contributed by atoms with van der Waals surface area (Å²) >= 11 is 5.50. The van der Waals surface area contributed by atoms with Crippen molar-refractivity contribution in [1.82, 2.24) is 10.6 Å². The summed E-state index contributed by atoms with van der Waals surface area (Å²) in [6, 6.07) is 7.66. The second-order valence-corrected chi connectivity index (χ2v) is 5.61. The number of urea groups is 1. The molecule has 21 heavy (non-hydrogen) atoms. The fourth-order valence-electron chi connectivity index (χ4n) is 2.35. The molecule has 1 atom stereocenters. The number of rotatable bonds is 5. The monoisotopic (exact) mass is 309 g/mol. The number of benzene rings is 1. The van der Waals surface area contributed by atoms with Gasteiger partial charge in [0.05, 0.1) is 0 Å². The van der Waals surface area contributed by atoms with Crippen LogP contribution in [0.5, 0.6) is 0 Å². The average molecular weight is 310 g/mol. The number of hydrogen-bond donors (Lipinski definition) is 2. The summed E-state index contributed by atoms with van der Waals surface area (Å²) in [6.07, 6.45) is 0.462. The predicted octanol–water partition coefficient (Wildman–Crippen LogP) is 1.89. The smallest absolute Gasteiger partial charge is 0.314 e. The second-order valence-electron chi connectivity index (χ2n) is 5.24. The molecule has 1 saturated heterocycles. The Bertz CT molecular complexity index is 504. The maximum Gasteiger partial charge on any atom is 0.314 e. The van der Waals surface area contributed by atoms with Crippen molar-refractivity contribution >= 4 is 29.2 Å². The lowest BCUT2D eigenvalue weighted by Gasteiger charge is -2.17. The van der Waals surface area contributed by atoms with E-state index in [0.29, 0.717) is 31.9 Å². The van der Waals surface area contributed by atoms with Gasteiger partial charge in [0.15, 0.2) is 0 Å². The van der Waals surface area contributed by atoms with Gasteiger partial charge in [-0.1, -0.05) is 17.7 Å². The zero-order valence-electron chi connectivity index (χ0n) is 12.1. The van der Waals surface area contributed by atoms with Crippen LogP contribution in [-0.2, 0) is 4.79 Å². The van der Waals surface area contributed by atoms with E-state index in [1.165, 1.54) is 5.56 Å². The van der Waals surface area contributed by atoms with Gasteiger partial charge in [-0.05, 0) is 19.1 Å². The van der Waals surface area contributed by atoms with Crippen molar-refractivity contribution in [2.45, 2.75) is 13.3 Å². The molecule has 6 heteroatoms. The predicted molar refractivity (Wildman–Crippen MR) is 83.8 cm³/mol. The van der Waals surface area contributed by atoms with Crippen LogP contribution in [0.25, 0.3) is 0 Å². The molecular formula is C15H20ClN3O2.